The molecule has 0 spiro atoms. The molecule has 4 atom stereocenters. The normalized spacial score (nSPS) is 22.8. The van der Waals surface area contributed by atoms with Gasteiger partial charge in [-0.2, -0.15) is 0 Å². The van der Waals surface area contributed by atoms with E-state index in [1.807, 2.05) is 68.4 Å². The molecule has 4 unspecified atom stereocenters. The van der Waals surface area contributed by atoms with Crippen molar-refractivity contribution in [3.05, 3.63) is 83.4 Å². The summed E-state index contributed by atoms with van der Waals surface area (Å²) in [6.07, 6.45) is 3.61. The van der Waals surface area contributed by atoms with Crippen molar-refractivity contribution in [2.45, 2.75) is 70.8 Å². The van der Waals surface area contributed by atoms with Crippen molar-refractivity contribution in [1.82, 2.24) is 15.5 Å². The number of cyclic esters (lactones) is 1. The number of nitrogens with zero attached hydrogens (tertiary/aromatic N) is 1. The van der Waals surface area contributed by atoms with Gasteiger partial charge in [-0.25, -0.2) is 9.59 Å². The number of ether oxygens (including phenoxy) is 2. The van der Waals surface area contributed by atoms with Crippen LogP contribution in [0.1, 0.15) is 49.8 Å². The molecule has 0 radical (unpaired) electrons. The Hall–Kier alpha value is -4.18. The molecule has 0 saturated carbocycles. The Bertz CT molecular complexity index is 1300. The van der Waals surface area contributed by atoms with Crippen LogP contribution in [0.25, 0.3) is 0 Å². The van der Waals surface area contributed by atoms with Gasteiger partial charge in [-0.05, 0) is 41.9 Å². The number of fused-ring (bicyclic) bond motifs is 1. The first-order valence-corrected chi connectivity index (χ1v) is 14.8. The van der Waals surface area contributed by atoms with Gasteiger partial charge in [-0.15, -0.1) is 0 Å². The molecule has 4 rings (SSSR count). The Kier molecular flexibility index (Phi) is 11.3. The van der Waals surface area contributed by atoms with E-state index in [0.717, 1.165) is 16.7 Å². The number of carbonyl (C=O) groups excluding carboxylic acids is 4. The lowest BCUT2D eigenvalue weighted by molar-refractivity contribution is -0.148. The standard InChI is InChI=1S/C33H41N3O7/c1-22(2)29-21-42-32(40)28(35-33(41)43-20-23-10-4-3-5-11-23)15-9-8-13-25(31(39)34-29)17-30(38)36-18-26-14-7-6-12-24(26)16-27(36)19-37/h3-12,14,22,25,27-29,37H,13,15-21H2,1-2H3,(H,34,39)(H,35,41). The summed E-state index contributed by atoms with van der Waals surface area (Å²) in [5.41, 5.74) is 2.96. The number of hydrogen-bond acceptors (Lipinski definition) is 7. The zero-order valence-corrected chi connectivity index (χ0v) is 24.7. The van der Waals surface area contributed by atoms with Gasteiger partial charge in [-0.1, -0.05) is 80.6 Å². The third-order valence-corrected chi connectivity index (χ3v) is 7.96. The molecule has 2 aliphatic rings. The van der Waals surface area contributed by atoms with Gasteiger partial charge in [0.1, 0.15) is 19.3 Å². The van der Waals surface area contributed by atoms with Crippen LogP contribution in [-0.4, -0.2) is 65.2 Å². The molecule has 10 heteroatoms. The molecule has 43 heavy (non-hydrogen) atoms. The van der Waals surface area contributed by atoms with Crippen molar-refractivity contribution >= 4 is 23.9 Å². The van der Waals surface area contributed by atoms with Crippen LogP contribution in [0, 0.1) is 11.8 Å². The number of nitrogens with one attached hydrogen (secondary N) is 2. The van der Waals surface area contributed by atoms with Crippen LogP contribution in [-0.2, 0) is 43.4 Å². The van der Waals surface area contributed by atoms with E-state index in [-0.39, 0.29) is 62.9 Å². The topological polar surface area (TPSA) is 134 Å². The SMILES string of the molecule is CC(C)C1COC(=O)C(NC(=O)OCc2ccccc2)CC=CCC(CC(=O)N2Cc3ccccc3CC2CO)C(=O)N1. The van der Waals surface area contributed by atoms with Gasteiger partial charge < -0.3 is 30.1 Å². The van der Waals surface area contributed by atoms with Gasteiger partial charge in [-0.3, -0.25) is 9.59 Å². The van der Waals surface area contributed by atoms with Crippen LogP contribution < -0.4 is 10.6 Å². The lowest BCUT2D eigenvalue weighted by Gasteiger charge is -2.37. The smallest absolute Gasteiger partial charge is 0.408 e. The lowest BCUT2D eigenvalue weighted by atomic mass is 9.92. The third kappa shape index (κ3) is 8.90. The second kappa shape index (κ2) is 15.3. The molecular formula is C33H41N3O7. The fraction of sp³-hybridized carbons (Fsp3) is 0.455. The van der Waals surface area contributed by atoms with Gasteiger partial charge >= 0.3 is 12.1 Å². The van der Waals surface area contributed by atoms with Crippen molar-refractivity contribution in [3.63, 3.8) is 0 Å². The average molecular weight is 592 g/mol. The van der Waals surface area contributed by atoms with Crippen molar-refractivity contribution in [3.8, 4) is 0 Å². The van der Waals surface area contributed by atoms with Gasteiger partial charge in [0.05, 0.1) is 24.6 Å². The predicted octanol–water partition coefficient (Wildman–Crippen LogP) is 3.27. The second-order valence-electron chi connectivity index (χ2n) is 11.4. The van der Waals surface area contributed by atoms with Crippen molar-refractivity contribution in [2.24, 2.45) is 11.8 Å². The molecule has 3 N–H and O–H groups in total. The fourth-order valence-electron chi connectivity index (χ4n) is 5.24. The van der Waals surface area contributed by atoms with E-state index in [1.165, 1.54) is 0 Å². The zero-order valence-electron chi connectivity index (χ0n) is 24.7. The number of allylic oxidation sites excluding steroid dienone is 1. The van der Waals surface area contributed by atoms with Crippen molar-refractivity contribution < 1.29 is 33.8 Å². The molecule has 0 fully saturated rings. The van der Waals surface area contributed by atoms with Crippen LogP contribution in [0.4, 0.5) is 4.79 Å². The first-order valence-electron chi connectivity index (χ1n) is 14.8. The van der Waals surface area contributed by atoms with E-state index < -0.39 is 30.1 Å². The molecule has 0 bridgehead atoms. The highest BCUT2D eigenvalue weighted by atomic mass is 16.6. The number of hydrogen-bond donors (Lipinski definition) is 3. The Morgan fingerprint density at radius 2 is 1.74 bits per heavy atom. The van der Waals surface area contributed by atoms with Gasteiger partial charge in [0, 0.05) is 13.0 Å². The van der Waals surface area contributed by atoms with Gasteiger partial charge in [0.25, 0.3) is 0 Å². The molecule has 2 aromatic carbocycles. The number of benzene rings is 2. The average Bonchev–Trinajstić information content (AvgIpc) is 3.01. The number of amides is 3. The minimum absolute atomic E-state index is 0.0348. The van der Waals surface area contributed by atoms with E-state index in [1.54, 1.807) is 17.1 Å². The van der Waals surface area contributed by atoms with Crippen LogP contribution >= 0.6 is 0 Å². The minimum Gasteiger partial charge on any atom is -0.462 e. The Morgan fingerprint density at radius 3 is 2.47 bits per heavy atom. The van der Waals surface area contributed by atoms with E-state index >= 15 is 0 Å². The highest BCUT2D eigenvalue weighted by molar-refractivity contribution is 5.86. The summed E-state index contributed by atoms with van der Waals surface area (Å²) < 4.78 is 10.8. The minimum atomic E-state index is -0.985. The summed E-state index contributed by atoms with van der Waals surface area (Å²) in [7, 11) is 0. The highest BCUT2D eigenvalue weighted by Crippen LogP contribution is 2.25. The van der Waals surface area contributed by atoms with E-state index in [2.05, 4.69) is 10.6 Å². The number of carbonyl (C=O) groups is 4. The molecule has 0 saturated heterocycles. The number of rotatable bonds is 7. The molecular weight excluding hydrogens is 550 g/mol. The Labute approximate surface area is 252 Å². The number of alkyl carbamates (subject to hydrolysis) is 1. The molecule has 0 aromatic heterocycles. The second-order valence-corrected chi connectivity index (χ2v) is 11.4. The molecule has 2 aromatic rings. The highest BCUT2D eigenvalue weighted by Gasteiger charge is 2.33. The predicted molar refractivity (Wildman–Crippen MR) is 159 cm³/mol. The summed E-state index contributed by atoms with van der Waals surface area (Å²) in [5.74, 6) is -1.87. The van der Waals surface area contributed by atoms with Gasteiger partial charge in [0.15, 0.2) is 0 Å². The maximum atomic E-state index is 13.5. The molecule has 230 valence electrons. The van der Waals surface area contributed by atoms with Crippen molar-refractivity contribution in [2.75, 3.05) is 13.2 Å². The largest absolute Gasteiger partial charge is 0.462 e. The Balaban J connectivity index is 1.44. The first-order chi connectivity index (χ1) is 20.7. The molecule has 3 amide bonds. The molecule has 10 nitrogen and oxygen atoms in total. The first kappa shape index (κ1) is 31.7. The summed E-state index contributed by atoms with van der Waals surface area (Å²) in [5, 5.41) is 15.6. The van der Waals surface area contributed by atoms with Crippen LogP contribution in [0.2, 0.25) is 0 Å². The third-order valence-electron chi connectivity index (χ3n) is 7.96. The summed E-state index contributed by atoms with van der Waals surface area (Å²) >= 11 is 0. The van der Waals surface area contributed by atoms with Crippen LogP contribution in [0.15, 0.2) is 66.7 Å². The number of aliphatic hydroxyl groups excluding tert-OH is 1. The van der Waals surface area contributed by atoms with Crippen LogP contribution in [0.5, 0.6) is 0 Å². The van der Waals surface area contributed by atoms with Crippen molar-refractivity contribution in [1.29, 1.82) is 0 Å². The molecule has 2 aliphatic heterocycles. The zero-order chi connectivity index (χ0) is 30.8. The maximum absolute atomic E-state index is 13.5. The fourth-order valence-corrected chi connectivity index (χ4v) is 5.24. The molecule has 2 heterocycles. The number of aliphatic hydroxyl groups is 1. The quantitative estimate of drug-likeness (QED) is 0.332. The monoisotopic (exact) mass is 591 g/mol. The van der Waals surface area contributed by atoms with E-state index in [9.17, 15) is 24.3 Å². The molecule has 0 aliphatic carbocycles. The van der Waals surface area contributed by atoms with E-state index in [0.29, 0.717) is 13.0 Å². The summed E-state index contributed by atoms with van der Waals surface area (Å²) in [6, 6.07) is 15.2. The lowest BCUT2D eigenvalue weighted by Crippen LogP contribution is -2.49. The van der Waals surface area contributed by atoms with Crippen LogP contribution in [0.3, 0.4) is 0 Å². The van der Waals surface area contributed by atoms with Gasteiger partial charge in [0.2, 0.25) is 11.8 Å². The summed E-state index contributed by atoms with van der Waals surface area (Å²) in [4.78, 5) is 54.0. The maximum Gasteiger partial charge on any atom is 0.408 e. The Morgan fingerprint density at radius 1 is 1.05 bits per heavy atom. The number of esters is 1. The van der Waals surface area contributed by atoms with E-state index in [4.69, 9.17) is 9.47 Å². The summed E-state index contributed by atoms with van der Waals surface area (Å²) in [6.45, 7) is 3.99.